The van der Waals surface area contributed by atoms with Crippen LogP contribution in [0.2, 0.25) is 0 Å². The van der Waals surface area contributed by atoms with Crippen LogP contribution in [0.25, 0.3) is 0 Å². The van der Waals surface area contributed by atoms with Crippen molar-refractivity contribution >= 4 is 29.5 Å². The summed E-state index contributed by atoms with van der Waals surface area (Å²) in [5.74, 6) is -0.216. The number of hydrogen-bond acceptors (Lipinski definition) is 19. The highest BCUT2D eigenvalue weighted by molar-refractivity contribution is 5.78. The molecule has 10 N–H and O–H groups in total. The van der Waals surface area contributed by atoms with E-state index in [2.05, 4.69) is 37.9 Å². The van der Waals surface area contributed by atoms with Crippen LogP contribution in [0.1, 0.15) is 224 Å². The van der Waals surface area contributed by atoms with Crippen molar-refractivity contribution in [1.82, 2.24) is 37.9 Å². The molecule has 24 nitrogen and oxygen atoms in total. The highest BCUT2D eigenvalue weighted by Crippen LogP contribution is 2.25. The van der Waals surface area contributed by atoms with Gasteiger partial charge in [0.25, 0.3) is 0 Å². The Kier molecular flexibility index (Phi) is 64.8. The van der Waals surface area contributed by atoms with Crippen LogP contribution < -0.4 is 53.1 Å². The molecule has 1 aromatic carbocycles. The highest BCUT2D eigenvalue weighted by Gasteiger charge is 2.08. The summed E-state index contributed by atoms with van der Waals surface area (Å²) in [6.07, 6.45) is 44.2. The predicted octanol–water partition coefficient (Wildman–Crippen LogP) is 8.43. The quantitative estimate of drug-likeness (QED) is 0.0218. The fraction of sp³-hybridized carbons (Fsp3) is 0.838. The van der Waals surface area contributed by atoms with Crippen LogP contribution in [0.15, 0.2) is 18.2 Å². The van der Waals surface area contributed by atoms with Crippen LogP contribution in [0.5, 0.6) is 11.5 Å². The molecular weight excluding hydrogens is 1180 g/mol. The molecule has 0 spiro atoms. The van der Waals surface area contributed by atoms with E-state index in [0.717, 1.165) is 26.0 Å². The minimum absolute atomic E-state index is 0.0254. The van der Waals surface area contributed by atoms with E-state index >= 15 is 0 Å². The van der Waals surface area contributed by atoms with Gasteiger partial charge in [-0.05, 0) is 31.4 Å². The SMILES string of the molecule is COc1cc(OCCCC(=O)NNNNCCCCCCCCCCCCCCCCCCCCCCCCCCCCCCCCCCOCCOCC(=O)NCCOCCOCC(=O)NCCOCCOCC(=O)NCCOCCOCC(N)=O)ccc1CO. The average molecular weight is 1310 g/mol. The van der Waals surface area contributed by atoms with E-state index in [-0.39, 0.29) is 103 Å². The predicted molar refractivity (Wildman–Crippen MR) is 359 cm³/mol. The number of primary amides is 1. The summed E-state index contributed by atoms with van der Waals surface area (Å²) in [5, 5.41) is 17.4. The highest BCUT2D eigenvalue weighted by atomic mass is 16.5. The maximum Gasteiger partial charge on any atom is 0.246 e. The molecule has 92 heavy (non-hydrogen) atoms. The van der Waals surface area contributed by atoms with E-state index in [1.807, 2.05) is 0 Å². The van der Waals surface area contributed by atoms with Crippen molar-refractivity contribution < 1.29 is 76.4 Å². The Morgan fingerprint density at radius 2 is 0.717 bits per heavy atom. The van der Waals surface area contributed by atoms with E-state index in [1.54, 1.807) is 25.3 Å². The first-order chi connectivity index (χ1) is 45.2. The molecule has 1 aromatic rings. The van der Waals surface area contributed by atoms with Gasteiger partial charge in [-0.15, -0.1) is 0 Å². The van der Waals surface area contributed by atoms with Crippen molar-refractivity contribution in [3.05, 3.63) is 23.8 Å². The van der Waals surface area contributed by atoms with Gasteiger partial charge in [0, 0.05) is 50.8 Å². The molecule has 0 saturated carbocycles. The monoisotopic (exact) mass is 1310 g/mol. The second-order valence-electron chi connectivity index (χ2n) is 23.3. The lowest BCUT2D eigenvalue weighted by Crippen LogP contribution is -2.52. The van der Waals surface area contributed by atoms with Crippen LogP contribution in [-0.4, -0.2) is 180 Å². The second kappa shape index (κ2) is 69.5. The maximum atomic E-state index is 12.0. The standard InChI is InChI=1S/C68H128N8O16/c1-83-63-55-62(37-36-61(63)56-77)92-43-34-35-65(79)74-76-75-73-38-32-30-28-26-24-22-20-18-16-14-12-10-8-6-4-2-3-5-7-9-11-13-15-17-19-21-23-25-27-29-31-33-42-84-47-52-89-58-66(80)71-40-45-86-49-54-91-60-68(82)72-41-46-87-50-53-90-59-67(81)70-39-44-85-48-51-88-57-64(69)78/h36-37,55,73,75-77H,2-35,38-54,56-60H2,1H3,(H2,69,78)(H,70,81)(H,71,80)(H,72,82)(H,74,79). The van der Waals surface area contributed by atoms with E-state index in [1.165, 1.54) is 193 Å². The van der Waals surface area contributed by atoms with Gasteiger partial charge in [-0.25, -0.2) is 5.43 Å². The number of rotatable bonds is 74. The molecule has 5 amide bonds. The molecule has 0 aromatic heterocycles. The Labute approximate surface area is 553 Å². The van der Waals surface area contributed by atoms with Crippen molar-refractivity contribution in [1.29, 1.82) is 0 Å². The third-order valence-corrected chi connectivity index (χ3v) is 15.1. The molecule has 0 heterocycles. The maximum absolute atomic E-state index is 12.0. The molecule has 0 saturated heterocycles. The number of benzene rings is 1. The van der Waals surface area contributed by atoms with E-state index in [9.17, 15) is 29.1 Å². The fourth-order valence-electron chi connectivity index (χ4n) is 9.85. The summed E-state index contributed by atoms with van der Waals surface area (Å²) in [7, 11) is 1.55. The Morgan fingerprint density at radius 1 is 0.370 bits per heavy atom. The summed E-state index contributed by atoms with van der Waals surface area (Å²) in [6, 6.07) is 5.29. The van der Waals surface area contributed by atoms with Crippen LogP contribution in [-0.2, 0) is 68.5 Å². The number of unbranched alkanes of at least 4 members (excludes halogenated alkanes) is 31. The fourth-order valence-corrected chi connectivity index (χ4v) is 9.85. The number of carbonyl (C=O) groups is 5. The lowest BCUT2D eigenvalue weighted by Gasteiger charge is -2.11. The van der Waals surface area contributed by atoms with E-state index < -0.39 is 5.91 Å². The van der Waals surface area contributed by atoms with Crippen molar-refractivity contribution in [3.63, 3.8) is 0 Å². The largest absolute Gasteiger partial charge is 0.496 e. The van der Waals surface area contributed by atoms with Crippen LogP contribution in [0, 0.1) is 0 Å². The number of methoxy groups -OCH3 is 1. The summed E-state index contributed by atoms with van der Waals surface area (Å²) in [4.78, 5) is 58.3. The van der Waals surface area contributed by atoms with E-state index in [4.69, 9.17) is 53.1 Å². The van der Waals surface area contributed by atoms with Gasteiger partial charge in [0.2, 0.25) is 29.5 Å². The molecule has 0 aliphatic heterocycles. The summed E-state index contributed by atoms with van der Waals surface area (Å²) < 4.78 is 53.7. The first-order valence-electron chi connectivity index (χ1n) is 35.4. The molecule has 1 rings (SSSR count). The van der Waals surface area contributed by atoms with Gasteiger partial charge >= 0.3 is 0 Å². The third-order valence-electron chi connectivity index (χ3n) is 15.1. The lowest BCUT2D eigenvalue weighted by molar-refractivity contribution is -0.128. The number of amides is 5. The Morgan fingerprint density at radius 3 is 1.09 bits per heavy atom. The zero-order chi connectivity index (χ0) is 66.4. The summed E-state index contributed by atoms with van der Waals surface area (Å²) in [6.45, 7) is 5.71. The van der Waals surface area contributed by atoms with Gasteiger partial charge < -0.3 is 74.2 Å². The number of aliphatic hydroxyl groups is 1. The third kappa shape index (κ3) is 63.1. The normalized spacial score (nSPS) is 11.3. The van der Waals surface area contributed by atoms with Crippen molar-refractivity contribution in [2.75, 3.05) is 146 Å². The topological polar surface area (TPSA) is 308 Å². The minimum atomic E-state index is -0.544. The zero-order valence-corrected chi connectivity index (χ0v) is 57.0. The lowest BCUT2D eigenvalue weighted by atomic mass is 10.0. The van der Waals surface area contributed by atoms with Crippen molar-refractivity contribution in [2.45, 2.75) is 225 Å². The van der Waals surface area contributed by atoms with E-state index in [0.29, 0.717) is 82.6 Å². The Hall–Kier alpha value is -4.31. The van der Waals surface area contributed by atoms with Crippen LogP contribution in [0.4, 0.5) is 0 Å². The molecule has 0 bridgehead atoms. The summed E-state index contributed by atoms with van der Waals surface area (Å²) >= 11 is 0. The first kappa shape index (κ1) is 85.7. The Bertz CT molecular complexity index is 1850. The average Bonchev–Trinajstić information content (AvgIpc) is 1.76. The molecule has 0 aliphatic rings. The number of aliphatic hydroxyl groups excluding tert-OH is 1. The smallest absolute Gasteiger partial charge is 0.246 e. The number of ether oxygens (including phenoxy) is 10. The molecular formula is C68H128N8O16. The van der Waals surface area contributed by atoms with Gasteiger partial charge in [-0.2, -0.15) is 11.1 Å². The molecule has 0 fully saturated rings. The Balaban J connectivity index is 1.66. The van der Waals surface area contributed by atoms with Gasteiger partial charge in [-0.1, -0.05) is 193 Å². The minimum Gasteiger partial charge on any atom is -0.496 e. The number of hydrazine groups is 3. The zero-order valence-electron chi connectivity index (χ0n) is 57.0. The van der Waals surface area contributed by atoms with Crippen LogP contribution in [0.3, 0.4) is 0 Å². The number of nitrogens with two attached hydrogens (primary N) is 1. The van der Waals surface area contributed by atoms with Crippen molar-refractivity contribution in [3.8, 4) is 11.5 Å². The number of hydrogen-bond donors (Lipinski definition) is 9. The van der Waals surface area contributed by atoms with Gasteiger partial charge in [0.15, 0.2) is 0 Å². The number of carbonyl (C=O) groups excluding carboxylic acids is 5. The van der Waals surface area contributed by atoms with Gasteiger partial charge in [0.1, 0.15) is 37.9 Å². The molecule has 536 valence electrons. The second-order valence-corrected chi connectivity index (χ2v) is 23.3. The van der Waals surface area contributed by atoms with Gasteiger partial charge in [-0.3, -0.25) is 29.4 Å². The molecule has 0 radical (unpaired) electrons. The summed E-state index contributed by atoms with van der Waals surface area (Å²) in [5.41, 5.74) is 16.9. The molecule has 0 unspecified atom stereocenters. The number of nitrogens with one attached hydrogen (secondary N) is 7. The van der Waals surface area contributed by atoms with Crippen molar-refractivity contribution in [2.24, 2.45) is 5.73 Å². The van der Waals surface area contributed by atoms with Gasteiger partial charge in [0.05, 0.1) is 93.0 Å². The van der Waals surface area contributed by atoms with Crippen LogP contribution >= 0.6 is 0 Å². The molecule has 24 heteroatoms. The first-order valence-corrected chi connectivity index (χ1v) is 35.4. The molecule has 0 aliphatic carbocycles. The molecule has 0 atom stereocenters.